The molecule has 3 N–H and O–H groups in total. The smallest absolute Gasteiger partial charge is 0.265 e. The molecule has 0 bridgehead atoms. The van der Waals surface area contributed by atoms with E-state index in [1.54, 1.807) is 0 Å². The Morgan fingerprint density at radius 2 is 1.82 bits per heavy atom. The minimum Gasteiger partial charge on any atom is -0.494 e. The first-order chi connectivity index (χ1) is 15.8. The normalized spacial score (nSPS) is 15.5. The number of sulfone groups is 1. The third-order valence-corrected chi connectivity index (χ3v) is 8.10. The van der Waals surface area contributed by atoms with Crippen LogP contribution in [0, 0.1) is 6.92 Å². The van der Waals surface area contributed by atoms with E-state index in [9.17, 15) is 18.0 Å². The zero-order valence-electron chi connectivity index (χ0n) is 18.4. The molecule has 0 saturated carbocycles. The van der Waals surface area contributed by atoms with Gasteiger partial charge in [0.05, 0.1) is 11.5 Å². The van der Waals surface area contributed by atoms with Crippen LogP contribution in [0.4, 0.5) is 5.69 Å². The molecule has 178 valence electrons. The Hall–Kier alpha value is -2.95. The van der Waals surface area contributed by atoms with Crippen LogP contribution < -0.4 is 15.5 Å². The molecule has 33 heavy (non-hydrogen) atoms. The van der Waals surface area contributed by atoms with E-state index in [2.05, 4.69) is 5.32 Å². The standard InChI is InChI=1S/C23H28N2O7S/c1-17-4-2-5-18(16-17)24-21(26)6-3-13-32-19-7-9-20(10-8-19)33(29,30)23(22(27)25-28)11-14-31-15-12-23/h2,4-5,7-10,16,28H,3,6,11-15H2,1H3,(H,24,26)(H,25,27). The van der Waals surface area contributed by atoms with Gasteiger partial charge in [0.25, 0.3) is 5.91 Å². The number of hydroxylamine groups is 1. The predicted octanol–water partition coefficient (Wildman–Crippen LogP) is 2.62. The number of carbonyl (C=O) groups is 2. The van der Waals surface area contributed by atoms with Gasteiger partial charge in [-0.25, -0.2) is 13.9 Å². The number of benzene rings is 2. The molecule has 10 heteroatoms. The Labute approximate surface area is 193 Å². The summed E-state index contributed by atoms with van der Waals surface area (Å²) in [7, 11) is -4.08. The molecule has 0 unspecified atom stereocenters. The van der Waals surface area contributed by atoms with Gasteiger partial charge in [0, 0.05) is 25.3 Å². The van der Waals surface area contributed by atoms with Crippen molar-refractivity contribution in [3.8, 4) is 5.75 Å². The van der Waals surface area contributed by atoms with Crippen molar-refractivity contribution in [2.75, 3.05) is 25.1 Å². The lowest BCUT2D eigenvalue weighted by atomic mass is 9.98. The molecule has 0 aromatic heterocycles. The Morgan fingerprint density at radius 1 is 1.12 bits per heavy atom. The van der Waals surface area contributed by atoms with E-state index < -0.39 is 20.5 Å². The van der Waals surface area contributed by atoms with Gasteiger partial charge in [0.15, 0.2) is 14.6 Å². The molecule has 1 saturated heterocycles. The van der Waals surface area contributed by atoms with Gasteiger partial charge < -0.3 is 14.8 Å². The molecule has 2 amide bonds. The van der Waals surface area contributed by atoms with Crippen LogP contribution in [0.15, 0.2) is 53.4 Å². The third kappa shape index (κ3) is 5.70. The van der Waals surface area contributed by atoms with Crippen molar-refractivity contribution in [1.29, 1.82) is 0 Å². The number of hydrogen-bond donors (Lipinski definition) is 3. The van der Waals surface area contributed by atoms with Crippen LogP contribution in [0.2, 0.25) is 0 Å². The van der Waals surface area contributed by atoms with Gasteiger partial charge in [-0.15, -0.1) is 0 Å². The van der Waals surface area contributed by atoms with Gasteiger partial charge in [0.2, 0.25) is 5.91 Å². The molecule has 1 aliphatic rings. The Morgan fingerprint density at radius 3 is 2.45 bits per heavy atom. The lowest BCUT2D eigenvalue weighted by Crippen LogP contribution is -2.54. The highest BCUT2D eigenvalue weighted by Gasteiger charge is 2.52. The van der Waals surface area contributed by atoms with Crippen molar-refractivity contribution in [1.82, 2.24) is 5.48 Å². The quantitative estimate of drug-likeness (QED) is 0.288. The van der Waals surface area contributed by atoms with Crippen LogP contribution in [0.1, 0.15) is 31.2 Å². The second kappa shape index (κ2) is 10.8. The number of anilines is 1. The molecule has 2 aromatic carbocycles. The van der Waals surface area contributed by atoms with Crippen LogP contribution in [0.3, 0.4) is 0 Å². The van der Waals surface area contributed by atoms with Gasteiger partial charge in [0.1, 0.15) is 5.75 Å². The topological polar surface area (TPSA) is 131 Å². The van der Waals surface area contributed by atoms with Crippen molar-refractivity contribution in [2.24, 2.45) is 0 Å². The van der Waals surface area contributed by atoms with E-state index in [0.29, 0.717) is 12.2 Å². The number of ether oxygens (including phenoxy) is 2. The third-order valence-electron chi connectivity index (χ3n) is 5.58. The summed E-state index contributed by atoms with van der Waals surface area (Å²) in [5.41, 5.74) is 3.30. The fourth-order valence-electron chi connectivity index (χ4n) is 3.73. The van der Waals surface area contributed by atoms with Gasteiger partial charge in [-0.2, -0.15) is 0 Å². The molecular formula is C23H28N2O7S. The van der Waals surface area contributed by atoms with Crippen molar-refractivity contribution in [2.45, 2.75) is 42.2 Å². The summed E-state index contributed by atoms with van der Waals surface area (Å²) in [5, 5.41) is 11.9. The molecular weight excluding hydrogens is 448 g/mol. The maximum absolute atomic E-state index is 13.2. The van der Waals surface area contributed by atoms with E-state index in [0.717, 1.165) is 11.3 Å². The first-order valence-corrected chi connectivity index (χ1v) is 12.1. The molecule has 0 radical (unpaired) electrons. The molecule has 9 nitrogen and oxygen atoms in total. The average molecular weight is 477 g/mol. The van der Waals surface area contributed by atoms with E-state index in [1.807, 2.05) is 31.2 Å². The summed E-state index contributed by atoms with van der Waals surface area (Å²) < 4.78 is 35.5. The molecule has 2 aromatic rings. The number of rotatable bonds is 9. The Bertz CT molecular complexity index is 1080. The highest BCUT2D eigenvalue weighted by molar-refractivity contribution is 7.93. The first kappa shape index (κ1) is 24.7. The van der Waals surface area contributed by atoms with Crippen LogP contribution >= 0.6 is 0 Å². The van der Waals surface area contributed by atoms with Gasteiger partial charge in [-0.05, 0) is 68.1 Å². The van der Waals surface area contributed by atoms with Crippen molar-refractivity contribution in [3.63, 3.8) is 0 Å². The summed E-state index contributed by atoms with van der Waals surface area (Å²) >= 11 is 0. The molecule has 0 aliphatic carbocycles. The minimum absolute atomic E-state index is 0.0436. The van der Waals surface area contributed by atoms with E-state index in [1.165, 1.54) is 29.7 Å². The van der Waals surface area contributed by atoms with Crippen molar-refractivity contribution < 1.29 is 32.7 Å². The highest BCUT2D eigenvalue weighted by Crippen LogP contribution is 2.35. The SMILES string of the molecule is Cc1cccc(NC(=O)CCCOc2ccc(S(=O)(=O)C3(C(=O)NO)CCOCC3)cc2)c1. The second-order valence-corrected chi connectivity index (χ2v) is 10.2. The molecule has 1 fully saturated rings. The van der Waals surface area contributed by atoms with E-state index in [-0.39, 0.29) is 49.9 Å². The maximum Gasteiger partial charge on any atom is 0.265 e. The first-order valence-electron chi connectivity index (χ1n) is 10.6. The lowest BCUT2D eigenvalue weighted by Gasteiger charge is -2.34. The van der Waals surface area contributed by atoms with Gasteiger partial charge in [-0.1, -0.05) is 12.1 Å². The summed E-state index contributed by atoms with van der Waals surface area (Å²) in [6, 6.07) is 13.3. The largest absolute Gasteiger partial charge is 0.494 e. The van der Waals surface area contributed by atoms with Crippen LogP contribution in [0.25, 0.3) is 0 Å². The van der Waals surface area contributed by atoms with Crippen LogP contribution in [-0.2, 0) is 24.2 Å². The number of nitrogens with one attached hydrogen (secondary N) is 2. The predicted molar refractivity (Wildman–Crippen MR) is 121 cm³/mol. The van der Waals surface area contributed by atoms with E-state index >= 15 is 0 Å². The Balaban J connectivity index is 1.55. The average Bonchev–Trinajstić information content (AvgIpc) is 2.82. The Kier molecular flexibility index (Phi) is 8.06. The molecule has 3 rings (SSSR count). The second-order valence-electron chi connectivity index (χ2n) is 7.89. The molecule has 0 spiro atoms. The molecule has 1 aliphatic heterocycles. The lowest BCUT2D eigenvalue weighted by molar-refractivity contribution is -0.134. The van der Waals surface area contributed by atoms with E-state index in [4.69, 9.17) is 14.7 Å². The van der Waals surface area contributed by atoms with Crippen molar-refractivity contribution in [3.05, 3.63) is 54.1 Å². The van der Waals surface area contributed by atoms with Gasteiger partial charge >= 0.3 is 0 Å². The summed E-state index contributed by atoms with van der Waals surface area (Å²) in [5.74, 6) is -0.634. The summed E-state index contributed by atoms with van der Waals surface area (Å²) in [4.78, 5) is 24.3. The number of hydrogen-bond acceptors (Lipinski definition) is 7. The summed E-state index contributed by atoms with van der Waals surface area (Å²) in [6.45, 7) is 2.43. The number of amides is 2. The zero-order valence-corrected chi connectivity index (χ0v) is 19.2. The van der Waals surface area contributed by atoms with Gasteiger partial charge in [-0.3, -0.25) is 14.8 Å². The fraction of sp³-hybridized carbons (Fsp3) is 0.391. The molecule has 1 heterocycles. The number of carbonyl (C=O) groups excluding carboxylic acids is 2. The van der Waals surface area contributed by atoms with Crippen LogP contribution in [-0.4, -0.2) is 50.0 Å². The molecule has 0 atom stereocenters. The highest BCUT2D eigenvalue weighted by atomic mass is 32.2. The minimum atomic E-state index is -4.08. The monoisotopic (exact) mass is 476 g/mol. The fourth-order valence-corrected chi connectivity index (χ4v) is 5.67. The zero-order chi connectivity index (χ0) is 23.9. The van der Waals surface area contributed by atoms with Crippen molar-refractivity contribution >= 4 is 27.3 Å². The maximum atomic E-state index is 13.2. The number of aryl methyl sites for hydroxylation is 1. The van der Waals surface area contributed by atoms with Crippen LogP contribution in [0.5, 0.6) is 5.75 Å². The summed E-state index contributed by atoms with van der Waals surface area (Å²) in [6.07, 6.45) is 0.661.